The van der Waals surface area contributed by atoms with E-state index >= 15 is 0 Å². The maximum atomic E-state index is 7.62. The fourth-order valence-corrected chi connectivity index (χ4v) is 0. The van der Waals surface area contributed by atoms with Crippen LogP contribution in [0.5, 0.6) is 0 Å². The molecule has 2 N–H and O–H groups in total. The molecule has 0 saturated heterocycles. The Labute approximate surface area is 54.6 Å². The molecule has 5 heavy (non-hydrogen) atoms. The van der Waals surface area contributed by atoms with Gasteiger partial charge >= 0.3 is 29.6 Å². The summed E-state index contributed by atoms with van der Waals surface area (Å²) < 4.78 is 0. The maximum Gasteiger partial charge on any atom is 1.00 e. The van der Waals surface area contributed by atoms with Gasteiger partial charge in [0.1, 0.15) is 0 Å². The van der Waals surface area contributed by atoms with Gasteiger partial charge in [0, 0.05) is 0 Å². The second-order valence-electron chi connectivity index (χ2n) is 0.447. The van der Waals surface area contributed by atoms with Gasteiger partial charge in [0.25, 0.3) is 0 Å². The Balaban J connectivity index is -0.0000000450. The van der Waals surface area contributed by atoms with Gasteiger partial charge in [0.15, 0.2) is 0 Å². The third kappa shape index (κ3) is 11.4. The summed E-state index contributed by atoms with van der Waals surface area (Å²) in [5.74, 6) is 0. The molecule has 0 heterocycles. The van der Waals surface area contributed by atoms with Crippen LogP contribution >= 0.6 is 0 Å². The van der Waals surface area contributed by atoms with Crippen LogP contribution in [-0.4, -0.2) is 23.4 Å². The Morgan fingerprint density at radius 1 is 1.20 bits per heavy atom. The molecule has 0 spiro atoms. The van der Waals surface area contributed by atoms with E-state index in [2.05, 4.69) is 0 Å². The first-order valence-corrected chi connectivity index (χ1v) is 1.13. The Morgan fingerprint density at radius 3 is 1.40 bits per heavy atom. The van der Waals surface area contributed by atoms with Crippen molar-refractivity contribution in [3.05, 3.63) is 0 Å². The first-order chi connectivity index (χ1) is 1.91. The van der Waals surface area contributed by atoms with Crippen molar-refractivity contribution in [1.82, 2.24) is 0 Å². The van der Waals surface area contributed by atoms with Crippen LogP contribution in [0.15, 0.2) is 0 Å². The summed E-state index contributed by atoms with van der Waals surface area (Å²) in [4.78, 5) is 0. The van der Waals surface area contributed by atoms with Crippen molar-refractivity contribution in [2.24, 2.45) is 0 Å². The van der Waals surface area contributed by atoms with Crippen LogP contribution < -0.4 is 29.6 Å². The standard InChI is InChI=1S/C2H6O2.Na.H/c3-1-2-4;;/h3-4H,1-2H2;;/q;+1;-1. The van der Waals surface area contributed by atoms with Gasteiger partial charge in [-0.3, -0.25) is 0 Å². The van der Waals surface area contributed by atoms with Gasteiger partial charge in [-0.15, -0.1) is 0 Å². The minimum atomic E-state index is -0.125. The van der Waals surface area contributed by atoms with Crippen molar-refractivity contribution in [2.75, 3.05) is 13.2 Å². The van der Waals surface area contributed by atoms with Gasteiger partial charge < -0.3 is 11.6 Å². The number of aliphatic hydroxyl groups excluding tert-OH is 2. The average molecular weight is 86.1 g/mol. The molecule has 28 valence electrons. The zero-order chi connectivity index (χ0) is 3.41. The van der Waals surface area contributed by atoms with Crippen molar-refractivity contribution in [1.29, 1.82) is 0 Å². The molecule has 0 aromatic carbocycles. The van der Waals surface area contributed by atoms with E-state index in [0.29, 0.717) is 0 Å². The molecule has 0 aromatic rings. The fourth-order valence-electron chi connectivity index (χ4n) is 0. The number of aliphatic hydroxyl groups is 2. The quantitative estimate of drug-likeness (QED) is 0.320. The SMILES string of the molecule is OCCO.[H-].[Na+]. The van der Waals surface area contributed by atoms with E-state index in [1.165, 1.54) is 0 Å². The molecule has 0 unspecified atom stereocenters. The van der Waals surface area contributed by atoms with E-state index in [1.807, 2.05) is 0 Å². The van der Waals surface area contributed by atoms with Gasteiger partial charge in [-0.25, -0.2) is 0 Å². The van der Waals surface area contributed by atoms with Crippen LogP contribution in [0, 0.1) is 0 Å². The molecular weight excluding hydrogens is 79.0 g/mol. The van der Waals surface area contributed by atoms with Crippen molar-refractivity contribution in [3.8, 4) is 0 Å². The van der Waals surface area contributed by atoms with Gasteiger partial charge in [-0.1, -0.05) is 0 Å². The Hall–Kier alpha value is 0.920. The van der Waals surface area contributed by atoms with Crippen molar-refractivity contribution in [2.45, 2.75) is 0 Å². The zero-order valence-corrected chi connectivity index (χ0v) is 5.31. The van der Waals surface area contributed by atoms with E-state index in [9.17, 15) is 0 Å². The second-order valence-corrected chi connectivity index (χ2v) is 0.447. The van der Waals surface area contributed by atoms with E-state index in [-0.39, 0.29) is 44.2 Å². The van der Waals surface area contributed by atoms with E-state index in [1.54, 1.807) is 0 Å². The summed E-state index contributed by atoms with van der Waals surface area (Å²) >= 11 is 0. The predicted octanol–water partition coefficient (Wildman–Crippen LogP) is -3.91. The third-order valence-electron chi connectivity index (χ3n) is 0.1000. The molecule has 0 rings (SSSR count). The maximum absolute atomic E-state index is 7.62. The largest absolute Gasteiger partial charge is 1.00 e. The van der Waals surface area contributed by atoms with Crippen LogP contribution in [-0.2, 0) is 0 Å². The molecule has 0 saturated carbocycles. The Morgan fingerprint density at radius 2 is 1.40 bits per heavy atom. The predicted molar refractivity (Wildman–Crippen MR) is 15.3 cm³/mol. The number of hydrogen-bond acceptors (Lipinski definition) is 2. The molecule has 0 radical (unpaired) electrons. The van der Waals surface area contributed by atoms with Crippen LogP contribution in [0.3, 0.4) is 0 Å². The topological polar surface area (TPSA) is 40.5 Å². The van der Waals surface area contributed by atoms with E-state index < -0.39 is 0 Å². The molecule has 0 fully saturated rings. The molecule has 2 nitrogen and oxygen atoms in total. The Bertz CT molecular complexity index is 13.5. The van der Waals surface area contributed by atoms with Gasteiger partial charge in [0.2, 0.25) is 0 Å². The monoisotopic (exact) mass is 86.0 g/mol. The summed E-state index contributed by atoms with van der Waals surface area (Å²) in [5, 5.41) is 15.2. The van der Waals surface area contributed by atoms with Crippen molar-refractivity contribution < 1.29 is 41.2 Å². The molecule has 0 bridgehead atoms. The number of hydrogen-bond donors (Lipinski definition) is 2. The molecule has 0 aliphatic heterocycles. The first kappa shape index (κ1) is 9.33. The fraction of sp³-hybridized carbons (Fsp3) is 1.00. The molecule has 0 aliphatic carbocycles. The normalized spacial score (nSPS) is 6.00. The van der Waals surface area contributed by atoms with Crippen molar-refractivity contribution in [3.63, 3.8) is 0 Å². The minimum absolute atomic E-state index is 0. The van der Waals surface area contributed by atoms with Crippen LogP contribution in [0.25, 0.3) is 0 Å². The molecule has 3 heteroatoms. The van der Waals surface area contributed by atoms with Gasteiger partial charge in [-0.05, 0) is 0 Å². The number of rotatable bonds is 1. The van der Waals surface area contributed by atoms with Crippen LogP contribution in [0.4, 0.5) is 0 Å². The van der Waals surface area contributed by atoms with Gasteiger partial charge in [0.05, 0.1) is 13.2 Å². The first-order valence-electron chi connectivity index (χ1n) is 1.13. The third-order valence-corrected chi connectivity index (χ3v) is 0.1000. The summed E-state index contributed by atoms with van der Waals surface area (Å²) in [6.07, 6.45) is 0. The molecular formula is C2H7NaO2. The summed E-state index contributed by atoms with van der Waals surface area (Å²) in [7, 11) is 0. The second kappa shape index (κ2) is 8.87. The zero-order valence-electron chi connectivity index (χ0n) is 4.31. The van der Waals surface area contributed by atoms with Gasteiger partial charge in [-0.2, -0.15) is 0 Å². The molecule has 0 amide bonds. The summed E-state index contributed by atoms with van der Waals surface area (Å²) in [6, 6.07) is 0. The van der Waals surface area contributed by atoms with E-state index in [0.717, 1.165) is 0 Å². The van der Waals surface area contributed by atoms with E-state index in [4.69, 9.17) is 10.2 Å². The van der Waals surface area contributed by atoms with Crippen LogP contribution in [0.1, 0.15) is 1.43 Å². The summed E-state index contributed by atoms with van der Waals surface area (Å²) in [6.45, 7) is -0.250. The Kier molecular flexibility index (Phi) is 16.5. The minimum Gasteiger partial charge on any atom is -1.00 e. The average Bonchev–Trinajstić information content (AvgIpc) is 1.37. The summed E-state index contributed by atoms with van der Waals surface area (Å²) in [5.41, 5.74) is 0. The molecule has 0 aliphatic rings. The molecule has 0 aromatic heterocycles. The smallest absolute Gasteiger partial charge is 1.00 e. The van der Waals surface area contributed by atoms with Crippen molar-refractivity contribution >= 4 is 0 Å². The van der Waals surface area contributed by atoms with Crippen LogP contribution in [0.2, 0.25) is 0 Å². The molecule has 0 atom stereocenters.